The highest BCUT2D eigenvalue weighted by Gasteiger charge is 2.20. The van der Waals surface area contributed by atoms with E-state index < -0.39 is 5.91 Å². The number of nitrogens with zero attached hydrogens (tertiary/aromatic N) is 3. The van der Waals surface area contributed by atoms with Crippen LogP contribution in [0, 0.1) is 0 Å². The van der Waals surface area contributed by atoms with Gasteiger partial charge in [0.25, 0.3) is 5.91 Å². The zero-order chi connectivity index (χ0) is 21.9. The van der Waals surface area contributed by atoms with Crippen LogP contribution in [0.25, 0.3) is 27.8 Å². The molecule has 0 radical (unpaired) electrons. The minimum absolute atomic E-state index is 0.130. The van der Waals surface area contributed by atoms with Gasteiger partial charge in [-0.15, -0.1) is 5.10 Å². The number of benzene rings is 3. The van der Waals surface area contributed by atoms with E-state index in [1.807, 2.05) is 28.9 Å². The van der Waals surface area contributed by atoms with Crippen LogP contribution in [0.5, 0.6) is 0 Å². The van der Waals surface area contributed by atoms with E-state index in [9.17, 15) is 4.79 Å². The lowest BCUT2D eigenvalue weighted by molar-refractivity contribution is -0.124. The molecule has 5 aromatic rings. The number of hydrogen-bond donors (Lipinski definition) is 3. The number of carbonyl (C=O) groups is 1. The number of hydroxylamine groups is 1. The third kappa shape index (κ3) is 3.89. The first kappa shape index (κ1) is 19.7. The predicted molar refractivity (Wildman–Crippen MR) is 123 cm³/mol. The fourth-order valence-corrected chi connectivity index (χ4v) is 4.02. The number of hydrogen-bond acceptors (Lipinski definition) is 4. The van der Waals surface area contributed by atoms with Crippen molar-refractivity contribution in [2.45, 2.75) is 12.5 Å². The molecule has 1 unspecified atom stereocenters. The Bertz CT molecular complexity index is 1390. The van der Waals surface area contributed by atoms with Crippen molar-refractivity contribution in [3.8, 4) is 0 Å². The van der Waals surface area contributed by atoms with Crippen LogP contribution in [0.3, 0.4) is 0 Å². The normalized spacial score (nSPS) is 12.5. The molecular formula is C25H21N5O2. The Morgan fingerprint density at radius 1 is 1.06 bits per heavy atom. The Morgan fingerprint density at radius 2 is 1.84 bits per heavy atom. The van der Waals surface area contributed by atoms with Gasteiger partial charge in [-0.25, -0.2) is 10.2 Å². The number of nitrogens with one attached hydrogen (secondary N) is 2. The zero-order valence-electron chi connectivity index (χ0n) is 17.1. The lowest BCUT2D eigenvalue weighted by atomic mass is 9.97. The first-order chi connectivity index (χ1) is 15.7. The van der Waals surface area contributed by atoms with Gasteiger partial charge in [-0.1, -0.05) is 65.9 Å². The molecule has 7 heteroatoms. The van der Waals surface area contributed by atoms with Crippen molar-refractivity contribution in [1.82, 2.24) is 25.5 Å². The molecule has 3 N–H and O–H groups in total. The first-order valence-electron chi connectivity index (χ1n) is 10.3. The average Bonchev–Trinajstić information content (AvgIpc) is 3.48. The second-order valence-corrected chi connectivity index (χ2v) is 7.60. The van der Waals surface area contributed by atoms with Gasteiger partial charge in [-0.05, 0) is 39.9 Å². The van der Waals surface area contributed by atoms with Gasteiger partial charge in [0.15, 0.2) is 0 Å². The smallest absolute Gasteiger partial charge is 0.267 e. The molecule has 0 aliphatic carbocycles. The van der Waals surface area contributed by atoms with Gasteiger partial charge in [-0.2, -0.15) is 0 Å². The van der Waals surface area contributed by atoms with Gasteiger partial charge in [0.1, 0.15) is 5.69 Å². The predicted octanol–water partition coefficient (Wildman–Crippen LogP) is 4.26. The molecule has 1 amide bonds. The zero-order valence-corrected chi connectivity index (χ0v) is 17.1. The highest BCUT2D eigenvalue weighted by Crippen LogP contribution is 2.29. The van der Waals surface area contributed by atoms with E-state index in [1.165, 1.54) is 28.5 Å². The summed E-state index contributed by atoms with van der Waals surface area (Å²) in [5.41, 5.74) is 5.38. The van der Waals surface area contributed by atoms with Crippen molar-refractivity contribution in [1.29, 1.82) is 0 Å². The summed E-state index contributed by atoms with van der Waals surface area (Å²) in [5, 5.41) is 20.7. The molecule has 0 aliphatic rings. The van der Waals surface area contributed by atoms with Crippen molar-refractivity contribution in [3.63, 3.8) is 0 Å². The number of aromatic nitrogens is 4. The van der Waals surface area contributed by atoms with E-state index in [2.05, 4.69) is 63.8 Å². The monoisotopic (exact) mass is 423 g/mol. The maximum absolute atomic E-state index is 11.3. The Balaban J connectivity index is 1.57. The molecule has 2 heterocycles. The van der Waals surface area contributed by atoms with Crippen LogP contribution >= 0.6 is 0 Å². The maximum atomic E-state index is 11.3. The lowest BCUT2D eigenvalue weighted by Crippen LogP contribution is -2.15. The average molecular weight is 423 g/mol. The third-order valence-corrected chi connectivity index (χ3v) is 5.57. The van der Waals surface area contributed by atoms with Crippen LogP contribution in [0.2, 0.25) is 0 Å². The van der Waals surface area contributed by atoms with Crippen molar-refractivity contribution in [2.24, 2.45) is 0 Å². The molecule has 3 aromatic carbocycles. The quantitative estimate of drug-likeness (QED) is 0.216. The summed E-state index contributed by atoms with van der Waals surface area (Å²) in [4.78, 5) is 14.8. The molecule has 0 aliphatic heterocycles. The summed E-state index contributed by atoms with van der Waals surface area (Å²) in [5.74, 6) is -0.623. The lowest BCUT2D eigenvalue weighted by Gasteiger charge is -2.17. The van der Waals surface area contributed by atoms with E-state index in [1.54, 1.807) is 11.7 Å². The highest BCUT2D eigenvalue weighted by atomic mass is 16.5. The van der Waals surface area contributed by atoms with Crippen molar-refractivity contribution >= 4 is 33.7 Å². The summed E-state index contributed by atoms with van der Waals surface area (Å²) in [6.45, 7) is 0. The van der Waals surface area contributed by atoms with Crippen LogP contribution in [0.15, 0.2) is 85.1 Å². The van der Waals surface area contributed by atoms with Gasteiger partial charge in [0.05, 0.1) is 12.2 Å². The largest absolute Gasteiger partial charge is 0.357 e. The molecule has 2 aromatic heterocycles. The number of amides is 1. The molecule has 158 valence electrons. The molecular weight excluding hydrogens is 402 g/mol. The fourth-order valence-electron chi connectivity index (χ4n) is 4.02. The highest BCUT2D eigenvalue weighted by molar-refractivity contribution is 5.90. The Morgan fingerprint density at radius 3 is 2.69 bits per heavy atom. The molecule has 7 nitrogen and oxygen atoms in total. The number of carbonyl (C=O) groups excluding carboxylic acids is 1. The topological polar surface area (TPSA) is 95.8 Å². The Labute approximate surface area is 184 Å². The van der Waals surface area contributed by atoms with E-state index >= 15 is 0 Å². The fraction of sp³-hybridized carbons (Fsp3) is 0.0800. The number of rotatable bonds is 6. The minimum Gasteiger partial charge on any atom is -0.357 e. The molecule has 1 atom stereocenters. The summed E-state index contributed by atoms with van der Waals surface area (Å²) < 4.78 is 1.81. The number of aromatic amines is 1. The van der Waals surface area contributed by atoms with Gasteiger partial charge < -0.3 is 4.98 Å². The van der Waals surface area contributed by atoms with Gasteiger partial charge >= 0.3 is 0 Å². The maximum Gasteiger partial charge on any atom is 0.267 e. The molecule has 32 heavy (non-hydrogen) atoms. The summed E-state index contributed by atoms with van der Waals surface area (Å²) >= 11 is 0. The number of H-pyrrole nitrogens is 1. The van der Waals surface area contributed by atoms with Crippen LogP contribution in [0.1, 0.15) is 23.0 Å². The standard InChI is InChI=1S/C25H21N5O2/c31-25(28-32)13-12-20-16-30(29-27-20)24(23-14-19-7-2-4-11-22(19)26-23)15-18-9-5-8-17-6-1-3-10-21(17)18/h1-14,16,24,26,32H,15H2,(H,28,31). The molecule has 5 rings (SSSR count). The second kappa shape index (κ2) is 8.49. The first-order valence-corrected chi connectivity index (χ1v) is 10.3. The molecule has 0 saturated heterocycles. The SMILES string of the molecule is O=C(C=Cc1cn(C(Cc2cccc3ccccc23)c2cc3ccccc3[nH]2)nn1)NO. The van der Waals surface area contributed by atoms with E-state index in [0.29, 0.717) is 12.1 Å². The third-order valence-electron chi connectivity index (χ3n) is 5.57. The molecule has 0 spiro atoms. The van der Waals surface area contributed by atoms with Crippen molar-refractivity contribution < 1.29 is 10.0 Å². The number of para-hydroxylation sites is 1. The van der Waals surface area contributed by atoms with Crippen LogP contribution < -0.4 is 5.48 Å². The van der Waals surface area contributed by atoms with Crippen LogP contribution in [-0.2, 0) is 11.2 Å². The van der Waals surface area contributed by atoms with E-state index in [0.717, 1.165) is 16.6 Å². The molecule has 0 fully saturated rings. The van der Waals surface area contributed by atoms with Crippen molar-refractivity contribution in [2.75, 3.05) is 0 Å². The molecule has 0 bridgehead atoms. The van der Waals surface area contributed by atoms with E-state index in [-0.39, 0.29) is 6.04 Å². The van der Waals surface area contributed by atoms with E-state index in [4.69, 9.17) is 5.21 Å². The minimum atomic E-state index is -0.623. The van der Waals surface area contributed by atoms with Gasteiger partial charge in [-0.3, -0.25) is 10.0 Å². The van der Waals surface area contributed by atoms with Crippen LogP contribution in [0.4, 0.5) is 0 Å². The van der Waals surface area contributed by atoms with Crippen LogP contribution in [-0.4, -0.2) is 31.1 Å². The van der Waals surface area contributed by atoms with Gasteiger partial charge in [0.2, 0.25) is 0 Å². The number of fused-ring (bicyclic) bond motifs is 2. The summed E-state index contributed by atoms with van der Waals surface area (Å²) in [6, 6.07) is 24.8. The van der Waals surface area contributed by atoms with Gasteiger partial charge in [0, 0.05) is 23.7 Å². The Hall–Kier alpha value is -4.23. The molecule has 0 saturated carbocycles. The summed E-state index contributed by atoms with van der Waals surface area (Å²) in [7, 11) is 0. The Kier molecular flexibility index (Phi) is 5.23. The summed E-state index contributed by atoms with van der Waals surface area (Å²) in [6.07, 6.45) is 5.21. The van der Waals surface area contributed by atoms with Crippen molar-refractivity contribution in [3.05, 3.63) is 102 Å². The second-order valence-electron chi connectivity index (χ2n) is 7.60.